The highest BCUT2D eigenvalue weighted by molar-refractivity contribution is 7.97. The van der Waals surface area contributed by atoms with E-state index in [0.717, 1.165) is 0 Å². The first-order valence-corrected chi connectivity index (χ1v) is 5.33. The summed E-state index contributed by atoms with van der Waals surface area (Å²) in [6.45, 7) is 7.18. The predicted molar refractivity (Wildman–Crippen MR) is 51.8 cm³/mol. The van der Waals surface area contributed by atoms with Gasteiger partial charge in [-0.3, -0.25) is 0 Å². The Labute approximate surface area is 74.1 Å². The van der Waals surface area contributed by atoms with Gasteiger partial charge in [-0.1, -0.05) is 18.9 Å². The van der Waals surface area contributed by atoms with Crippen LogP contribution in [0.15, 0.2) is 0 Å². The minimum Gasteiger partial charge on any atom is -0.304 e. The van der Waals surface area contributed by atoms with Crippen LogP contribution in [0.4, 0.5) is 0 Å². The average molecular weight is 174 g/mol. The molecule has 0 amide bonds. The number of rotatable bonds is 3. The van der Waals surface area contributed by atoms with Gasteiger partial charge in [0.2, 0.25) is 0 Å². The minimum absolute atomic E-state index is 1.23. The van der Waals surface area contributed by atoms with Crippen LogP contribution < -0.4 is 0 Å². The molecule has 0 aromatic rings. The molecular formula is C8H18N2S. The number of hydrogen-bond donors (Lipinski definition) is 0. The fourth-order valence-corrected chi connectivity index (χ4v) is 2.00. The lowest BCUT2D eigenvalue weighted by Crippen LogP contribution is -2.41. The quantitative estimate of drug-likeness (QED) is 0.595. The van der Waals surface area contributed by atoms with Crippen LogP contribution >= 0.6 is 11.9 Å². The number of hydrogen-bond acceptors (Lipinski definition) is 3. The van der Waals surface area contributed by atoms with Crippen molar-refractivity contribution in [2.45, 2.75) is 13.3 Å². The lowest BCUT2D eigenvalue weighted by Gasteiger charge is -2.31. The van der Waals surface area contributed by atoms with Gasteiger partial charge < -0.3 is 4.90 Å². The van der Waals surface area contributed by atoms with Crippen LogP contribution in [0.5, 0.6) is 0 Å². The summed E-state index contributed by atoms with van der Waals surface area (Å²) in [5.41, 5.74) is 0. The fraction of sp³-hybridized carbons (Fsp3) is 1.00. The Hall–Kier alpha value is 0.270. The molecule has 11 heavy (non-hydrogen) atoms. The summed E-state index contributed by atoms with van der Waals surface area (Å²) in [5.74, 6) is 1.28. The third-order valence-corrected chi connectivity index (χ3v) is 3.26. The van der Waals surface area contributed by atoms with Crippen LogP contribution in [-0.4, -0.2) is 48.2 Å². The molecule has 0 atom stereocenters. The van der Waals surface area contributed by atoms with Crippen LogP contribution in [0, 0.1) is 0 Å². The molecule has 0 unspecified atom stereocenters. The van der Waals surface area contributed by atoms with E-state index in [4.69, 9.17) is 0 Å². The van der Waals surface area contributed by atoms with E-state index in [0.29, 0.717) is 0 Å². The van der Waals surface area contributed by atoms with Crippen LogP contribution in [0.2, 0.25) is 0 Å². The molecule has 0 radical (unpaired) electrons. The highest BCUT2D eigenvalue weighted by Gasteiger charge is 2.12. The third-order valence-electron chi connectivity index (χ3n) is 1.94. The van der Waals surface area contributed by atoms with Gasteiger partial charge in [0.1, 0.15) is 0 Å². The zero-order valence-electron chi connectivity index (χ0n) is 7.55. The van der Waals surface area contributed by atoms with E-state index < -0.39 is 0 Å². The Morgan fingerprint density at radius 3 is 2.36 bits per heavy atom. The second-order valence-corrected chi connectivity index (χ2v) is 4.25. The second kappa shape index (κ2) is 5.01. The van der Waals surface area contributed by atoms with E-state index in [9.17, 15) is 0 Å². The molecule has 1 fully saturated rings. The predicted octanol–water partition coefficient (Wildman–Crippen LogP) is 1.29. The van der Waals surface area contributed by atoms with Crippen molar-refractivity contribution in [3.8, 4) is 0 Å². The molecule has 1 saturated heterocycles. The molecule has 2 nitrogen and oxygen atoms in total. The standard InChI is InChI=1S/C8H18N2S/c1-3-8-11-10-6-4-9(2)5-7-10/h3-8H2,1-2H3. The molecule has 0 N–H and O–H groups in total. The molecular weight excluding hydrogens is 156 g/mol. The van der Waals surface area contributed by atoms with Gasteiger partial charge in [0, 0.05) is 31.9 Å². The van der Waals surface area contributed by atoms with Crippen molar-refractivity contribution in [3.05, 3.63) is 0 Å². The van der Waals surface area contributed by atoms with Gasteiger partial charge in [-0.05, 0) is 13.5 Å². The van der Waals surface area contributed by atoms with E-state index in [1.807, 2.05) is 11.9 Å². The summed E-state index contributed by atoms with van der Waals surface area (Å²) < 4.78 is 2.49. The Balaban J connectivity index is 2.07. The van der Waals surface area contributed by atoms with Crippen molar-refractivity contribution in [2.24, 2.45) is 0 Å². The van der Waals surface area contributed by atoms with Crippen molar-refractivity contribution in [2.75, 3.05) is 39.0 Å². The summed E-state index contributed by atoms with van der Waals surface area (Å²) >= 11 is 2.01. The lowest BCUT2D eigenvalue weighted by atomic mass is 10.4. The fourth-order valence-electron chi connectivity index (χ4n) is 1.14. The van der Waals surface area contributed by atoms with Gasteiger partial charge in [0.15, 0.2) is 0 Å². The van der Waals surface area contributed by atoms with E-state index >= 15 is 0 Å². The maximum atomic E-state index is 2.49. The van der Waals surface area contributed by atoms with Crippen LogP contribution in [0.25, 0.3) is 0 Å². The maximum absolute atomic E-state index is 2.49. The largest absolute Gasteiger partial charge is 0.304 e. The van der Waals surface area contributed by atoms with E-state index in [2.05, 4.69) is 23.2 Å². The monoisotopic (exact) mass is 174 g/mol. The molecule has 1 aliphatic heterocycles. The Morgan fingerprint density at radius 2 is 1.82 bits per heavy atom. The Morgan fingerprint density at radius 1 is 1.18 bits per heavy atom. The lowest BCUT2D eigenvalue weighted by molar-refractivity contribution is 0.233. The summed E-state index contributed by atoms with van der Waals surface area (Å²) in [6, 6.07) is 0. The molecule has 0 aromatic heterocycles. The first-order valence-electron chi connectivity index (χ1n) is 4.39. The normalized spacial score (nSPS) is 22.4. The molecule has 0 spiro atoms. The van der Waals surface area contributed by atoms with E-state index in [1.54, 1.807) is 0 Å². The molecule has 3 heteroatoms. The zero-order valence-corrected chi connectivity index (χ0v) is 8.36. The molecule has 1 heterocycles. The van der Waals surface area contributed by atoms with Crippen LogP contribution in [0.1, 0.15) is 13.3 Å². The molecule has 0 aromatic carbocycles. The highest BCUT2D eigenvalue weighted by atomic mass is 32.2. The Bertz CT molecular complexity index is 97.5. The molecule has 1 aliphatic rings. The third kappa shape index (κ3) is 3.45. The van der Waals surface area contributed by atoms with Crippen molar-refractivity contribution in [3.63, 3.8) is 0 Å². The zero-order chi connectivity index (χ0) is 8.10. The van der Waals surface area contributed by atoms with Crippen molar-refractivity contribution < 1.29 is 0 Å². The van der Waals surface area contributed by atoms with Crippen molar-refractivity contribution in [1.29, 1.82) is 0 Å². The van der Waals surface area contributed by atoms with Gasteiger partial charge in [-0.25, -0.2) is 4.31 Å². The first kappa shape index (κ1) is 9.36. The smallest absolute Gasteiger partial charge is 0.0218 e. The van der Waals surface area contributed by atoms with Crippen molar-refractivity contribution >= 4 is 11.9 Å². The molecule has 0 aliphatic carbocycles. The van der Waals surface area contributed by atoms with Gasteiger partial charge in [-0.15, -0.1) is 0 Å². The van der Waals surface area contributed by atoms with Gasteiger partial charge in [0.05, 0.1) is 0 Å². The van der Waals surface area contributed by atoms with Gasteiger partial charge >= 0.3 is 0 Å². The van der Waals surface area contributed by atoms with E-state index in [-0.39, 0.29) is 0 Å². The number of nitrogens with zero attached hydrogens (tertiary/aromatic N) is 2. The highest BCUT2D eigenvalue weighted by Crippen LogP contribution is 2.12. The molecule has 0 bridgehead atoms. The van der Waals surface area contributed by atoms with Crippen LogP contribution in [0.3, 0.4) is 0 Å². The summed E-state index contributed by atoms with van der Waals surface area (Å²) in [5, 5.41) is 0. The molecule has 1 rings (SSSR count). The average Bonchev–Trinajstić information content (AvgIpc) is 2.04. The number of likely N-dealkylation sites (N-methyl/N-ethyl adjacent to an activating group) is 1. The van der Waals surface area contributed by atoms with Crippen LogP contribution in [-0.2, 0) is 0 Å². The van der Waals surface area contributed by atoms with E-state index in [1.165, 1.54) is 38.4 Å². The SMILES string of the molecule is CCCSN1CCN(C)CC1. The Kier molecular flexibility index (Phi) is 4.26. The molecule has 0 saturated carbocycles. The minimum atomic E-state index is 1.23. The second-order valence-electron chi connectivity index (χ2n) is 3.07. The van der Waals surface area contributed by atoms with Crippen molar-refractivity contribution in [1.82, 2.24) is 9.21 Å². The summed E-state index contributed by atoms with van der Waals surface area (Å²) in [4.78, 5) is 2.39. The summed E-state index contributed by atoms with van der Waals surface area (Å²) in [6.07, 6.45) is 1.29. The van der Waals surface area contributed by atoms with Gasteiger partial charge in [-0.2, -0.15) is 0 Å². The number of piperazine rings is 1. The topological polar surface area (TPSA) is 6.48 Å². The summed E-state index contributed by atoms with van der Waals surface area (Å²) in [7, 11) is 2.20. The molecule has 66 valence electrons. The maximum Gasteiger partial charge on any atom is 0.0218 e. The first-order chi connectivity index (χ1) is 5.33. The van der Waals surface area contributed by atoms with Gasteiger partial charge in [0.25, 0.3) is 0 Å².